The molecule has 2 fully saturated rings. The Labute approximate surface area is 109 Å². The number of aliphatic hydroxyl groups excluding tert-OH is 1. The number of hydrogen-bond donors (Lipinski definition) is 1. The van der Waals surface area contributed by atoms with E-state index >= 15 is 0 Å². The van der Waals surface area contributed by atoms with E-state index in [1.165, 1.54) is 0 Å². The molecule has 104 valence electrons. The van der Waals surface area contributed by atoms with Crippen LogP contribution in [0.1, 0.15) is 26.7 Å². The lowest BCUT2D eigenvalue weighted by atomic mass is 10.1. The number of carbonyl (C=O) groups is 1. The van der Waals surface area contributed by atoms with Gasteiger partial charge in [-0.2, -0.15) is 0 Å². The van der Waals surface area contributed by atoms with Crippen LogP contribution in [0.5, 0.6) is 0 Å². The second kappa shape index (κ2) is 5.99. The molecule has 2 aliphatic rings. The first-order valence-electron chi connectivity index (χ1n) is 6.94. The Hall–Kier alpha value is -0.650. The van der Waals surface area contributed by atoms with Gasteiger partial charge in [-0.3, -0.25) is 14.6 Å². The summed E-state index contributed by atoms with van der Waals surface area (Å²) in [5, 5.41) is 9.51. The van der Waals surface area contributed by atoms with Gasteiger partial charge in [0.1, 0.15) is 6.04 Å². The summed E-state index contributed by atoms with van der Waals surface area (Å²) in [5.41, 5.74) is 0. The SMILES string of the molecule is CC[C@@H]1CN([C@@H]2CCOC2=O)CCN1C[C@H](C)O. The number of esters is 1. The van der Waals surface area contributed by atoms with Crippen molar-refractivity contribution in [2.45, 2.75) is 44.9 Å². The van der Waals surface area contributed by atoms with Crippen LogP contribution in [0, 0.1) is 0 Å². The van der Waals surface area contributed by atoms with Gasteiger partial charge in [-0.1, -0.05) is 6.92 Å². The second-order valence-corrected chi connectivity index (χ2v) is 5.37. The van der Waals surface area contributed by atoms with Crippen LogP contribution in [0.15, 0.2) is 0 Å². The Kier molecular flexibility index (Phi) is 4.59. The van der Waals surface area contributed by atoms with Crippen molar-refractivity contribution in [2.75, 3.05) is 32.8 Å². The number of piperazine rings is 1. The fourth-order valence-corrected chi connectivity index (χ4v) is 2.98. The highest BCUT2D eigenvalue weighted by Crippen LogP contribution is 2.20. The van der Waals surface area contributed by atoms with Crippen molar-refractivity contribution in [3.8, 4) is 0 Å². The summed E-state index contributed by atoms with van der Waals surface area (Å²) >= 11 is 0. The molecule has 3 atom stereocenters. The first-order chi connectivity index (χ1) is 8.61. The lowest BCUT2D eigenvalue weighted by molar-refractivity contribution is -0.143. The van der Waals surface area contributed by atoms with Gasteiger partial charge in [0.15, 0.2) is 0 Å². The Morgan fingerprint density at radius 2 is 2.28 bits per heavy atom. The normalized spacial score (nSPS) is 32.5. The molecule has 2 aliphatic heterocycles. The number of rotatable bonds is 4. The lowest BCUT2D eigenvalue weighted by Crippen LogP contribution is -2.57. The maximum atomic E-state index is 11.6. The number of nitrogens with zero attached hydrogens (tertiary/aromatic N) is 2. The maximum absolute atomic E-state index is 11.6. The van der Waals surface area contributed by atoms with E-state index in [1.807, 2.05) is 6.92 Å². The van der Waals surface area contributed by atoms with Gasteiger partial charge in [0, 0.05) is 38.6 Å². The smallest absolute Gasteiger partial charge is 0.323 e. The van der Waals surface area contributed by atoms with Crippen LogP contribution < -0.4 is 0 Å². The van der Waals surface area contributed by atoms with Crippen molar-refractivity contribution in [2.24, 2.45) is 0 Å². The molecule has 0 bridgehead atoms. The third kappa shape index (κ3) is 3.02. The van der Waals surface area contributed by atoms with E-state index in [0.717, 1.165) is 39.0 Å². The van der Waals surface area contributed by atoms with Gasteiger partial charge in [-0.25, -0.2) is 0 Å². The standard InChI is InChI=1S/C13H24N2O3/c1-3-11-9-15(12-4-7-18-13(12)17)6-5-14(11)8-10(2)16/h10-12,16H,3-9H2,1-2H3/t10-,11+,12+/m0/s1. The van der Waals surface area contributed by atoms with Gasteiger partial charge in [-0.15, -0.1) is 0 Å². The summed E-state index contributed by atoms with van der Waals surface area (Å²) in [6.45, 7) is 8.00. The highest BCUT2D eigenvalue weighted by molar-refractivity contribution is 5.77. The fraction of sp³-hybridized carbons (Fsp3) is 0.923. The zero-order valence-electron chi connectivity index (χ0n) is 11.3. The monoisotopic (exact) mass is 256 g/mol. The van der Waals surface area contributed by atoms with E-state index in [1.54, 1.807) is 0 Å². The van der Waals surface area contributed by atoms with Crippen molar-refractivity contribution in [1.29, 1.82) is 0 Å². The summed E-state index contributed by atoms with van der Waals surface area (Å²) in [4.78, 5) is 16.2. The fourth-order valence-electron chi connectivity index (χ4n) is 2.98. The number of carbonyl (C=O) groups excluding carboxylic acids is 1. The van der Waals surface area contributed by atoms with Crippen molar-refractivity contribution in [1.82, 2.24) is 9.80 Å². The van der Waals surface area contributed by atoms with Crippen molar-refractivity contribution >= 4 is 5.97 Å². The largest absolute Gasteiger partial charge is 0.464 e. The zero-order chi connectivity index (χ0) is 13.1. The minimum Gasteiger partial charge on any atom is -0.464 e. The summed E-state index contributed by atoms with van der Waals surface area (Å²) in [6, 6.07) is 0.398. The van der Waals surface area contributed by atoms with Gasteiger partial charge in [-0.05, 0) is 13.3 Å². The average Bonchev–Trinajstić information content (AvgIpc) is 2.75. The van der Waals surface area contributed by atoms with E-state index in [2.05, 4.69) is 16.7 Å². The number of ether oxygens (including phenoxy) is 1. The van der Waals surface area contributed by atoms with Gasteiger partial charge in [0.05, 0.1) is 12.7 Å². The number of cyclic esters (lactones) is 1. The number of β-amino-alcohol motifs (C(OH)–C–C–N with tert-alkyl or cyclic N) is 1. The third-order valence-corrected chi connectivity index (χ3v) is 3.95. The molecule has 5 nitrogen and oxygen atoms in total. The number of aliphatic hydroxyl groups is 1. The molecule has 2 saturated heterocycles. The Bertz CT molecular complexity index is 296. The van der Waals surface area contributed by atoms with E-state index in [-0.39, 0.29) is 18.1 Å². The van der Waals surface area contributed by atoms with Gasteiger partial charge in [0.2, 0.25) is 0 Å². The minimum absolute atomic E-state index is 0.0345. The Morgan fingerprint density at radius 3 is 2.83 bits per heavy atom. The zero-order valence-corrected chi connectivity index (χ0v) is 11.3. The molecule has 0 spiro atoms. The van der Waals surface area contributed by atoms with Gasteiger partial charge >= 0.3 is 5.97 Å². The quantitative estimate of drug-likeness (QED) is 0.722. The van der Waals surface area contributed by atoms with E-state index in [0.29, 0.717) is 12.6 Å². The third-order valence-electron chi connectivity index (χ3n) is 3.95. The van der Waals surface area contributed by atoms with Crippen LogP contribution in [-0.4, -0.2) is 71.8 Å². The molecule has 0 unspecified atom stereocenters. The average molecular weight is 256 g/mol. The van der Waals surface area contributed by atoms with E-state index in [4.69, 9.17) is 4.74 Å². The maximum Gasteiger partial charge on any atom is 0.323 e. The first kappa shape index (κ1) is 13.8. The molecule has 0 aromatic carbocycles. The molecule has 5 heteroatoms. The van der Waals surface area contributed by atoms with E-state index in [9.17, 15) is 9.90 Å². The predicted octanol–water partition coefficient (Wildman–Crippen LogP) is 0.0789. The van der Waals surface area contributed by atoms with Crippen LogP contribution in [0.4, 0.5) is 0 Å². The summed E-state index contributed by atoms with van der Waals surface area (Å²) in [5.74, 6) is -0.0613. The molecule has 0 saturated carbocycles. The van der Waals surface area contributed by atoms with Crippen molar-refractivity contribution < 1.29 is 14.6 Å². The molecule has 0 aromatic rings. The highest BCUT2D eigenvalue weighted by atomic mass is 16.5. The molecule has 1 N–H and O–H groups in total. The van der Waals surface area contributed by atoms with Crippen molar-refractivity contribution in [3.05, 3.63) is 0 Å². The van der Waals surface area contributed by atoms with Crippen LogP contribution in [-0.2, 0) is 9.53 Å². The molecule has 0 amide bonds. The van der Waals surface area contributed by atoms with E-state index < -0.39 is 0 Å². The van der Waals surface area contributed by atoms with Gasteiger partial charge in [0.25, 0.3) is 0 Å². The van der Waals surface area contributed by atoms with Crippen LogP contribution in [0.3, 0.4) is 0 Å². The molecule has 0 radical (unpaired) electrons. The molecule has 0 aromatic heterocycles. The molecular weight excluding hydrogens is 232 g/mol. The Balaban J connectivity index is 1.93. The topological polar surface area (TPSA) is 53.0 Å². The number of hydrogen-bond acceptors (Lipinski definition) is 5. The van der Waals surface area contributed by atoms with Crippen LogP contribution >= 0.6 is 0 Å². The molecular formula is C13H24N2O3. The van der Waals surface area contributed by atoms with Crippen LogP contribution in [0.2, 0.25) is 0 Å². The van der Waals surface area contributed by atoms with Crippen molar-refractivity contribution in [3.63, 3.8) is 0 Å². The molecule has 0 aliphatic carbocycles. The molecule has 2 heterocycles. The minimum atomic E-state index is -0.290. The van der Waals surface area contributed by atoms with Crippen LogP contribution in [0.25, 0.3) is 0 Å². The summed E-state index contributed by atoms with van der Waals surface area (Å²) in [7, 11) is 0. The first-order valence-corrected chi connectivity index (χ1v) is 6.94. The predicted molar refractivity (Wildman–Crippen MR) is 68.3 cm³/mol. The Morgan fingerprint density at radius 1 is 1.50 bits per heavy atom. The summed E-state index contributed by atoms with van der Waals surface area (Å²) < 4.78 is 5.04. The highest BCUT2D eigenvalue weighted by Gasteiger charge is 2.36. The molecule has 18 heavy (non-hydrogen) atoms. The second-order valence-electron chi connectivity index (χ2n) is 5.37. The summed E-state index contributed by atoms with van der Waals surface area (Å²) in [6.07, 6.45) is 1.58. The van der Waals surface area contributed by atoms with Gasteiger partial charge < -0.3 is 9.84 Å². The lowest BCUT2D eigenvalue weighted by Gasteiger charge is -2.43. The molecule has 2 rings (SSSR count).